The van der Waals surface area contributed by atoms with Gasteiger partial charge in [0.2, 0.25) is 5.88 Å². The van der Waals surface area contributed by atoms with Crippen molar-refractivity contribution < 1.29 is 18.9 Å². The van der Waals surface area contributed by atoms with Crippen molar-refractivity contribution in [1.82, 2.24) is 4.98 Å². The van der Waals surface area contributed by atoms with Crippen LogP contribution in [0.1, 0.15) is 31.7 Å². The molecule has 5 heteroatoms. The van der Waals surface area contributed by atoms with E-state index in [9.17, 15) is 0 Å². The predicted molar refractivity (Wildman–Crippen MR) is 94.4 cm³/mol. The molecule has 5 nitrogen and oxygen atoms in total. The first-order valence-corrected chi connectivity index (χ1v) is 7.86. The SMILES string of the molecule is CCCCC#Cc1c(OC)nc2c(OC)cc(OC)cc2c1OC. The third-order valence-electron chi connectivity index (χ3n) is 3.67. The van der Waals surface area contributed by atoms with Crippen LogP contribution in [0.3, 0.4) is 0 Å². The number of benzene rings is 1. The molecule has 0 aliphatic heterocycles. The largest absolute Gasteiger partial charge is 0.497 e. The van der Waals surface area contributed by atoms with E-state index in [0.717, 1.165) is 24.6 Å². The highest BCUT2D eigenvalue weighted by molar-refractivity contribution is 5.94. The van der Waals surface area contributed by atoms with Crippen molar-refractivity contribution in [1.29, 1.82) is 0 Å². The summed E-state index contributed by atoms with van der Waals surface area (Å²) in [5, 5.41) is 0.772. The first-order valence-electron chi connectivity index (χ1n) is 7.86. The lowest BCUT2D eigenvalue weighted by atomic mass is 10.1. The van der Waals surface area contributed by atoms with Gasteiger partial charge in [0, 0.05) is 12.5 Å². The number of ether oxygens (including phenoxy) is 4. The fourth-order valence-corrected chi connectivity index (χ4v) is 2.42. The van der Waals surface area contributed by atoms with Crippen molar-refractivity contribution in [2.75, 3.05) is 28.4 Å². The van der Waals surface area contributed by atoms with Crippen LogP contribution < -0.4 is 18.9 Å². The van der Waals surface area contributed by atoms with Gasteiger partial charge in [-0.05, 0) is 12.5 Å². The molecule has 0 unspecified atom stereocenters. The molecule has 0 N–H and O–H groups in total. The molecule has 2 rings (SSSR count). The van der Waals surface area contributed by atoms with Gasteiger partial charge in [0.15, 0.2) is 0 Å². The molecule has 0 spiro atoms. The molecule has 0 aliphatic rings. The van der Waals surface area contributed by atoms with E-state index < -0.39 is 0 Å². The van der Waals surface area contributed by atoms with Gasteiger partial charge < -0.3 is 18.9 Å². The monoisotopic (exact) mass is 329 g/mol. The summed E-state index contributed by atoms with van der Waals surface area (Å²) in [7, 11) is 6.38. The molecule has 1 heterocycles. The Morgan fingerprint density at radius 2 is 1.79 bits per heavy atom. The number of pyridine rings is 1. The lowest BCUT2D eigenvalue weighted by molar-refractivity contribution is 0.379. The Bertz CT molecular complexity index is 775. The Labute approximate surface area is 142 Å². The smallest absolute Gasteiger partial charge is 0.233 e. The van der Waals surface area contributed by atoms with Crippen LogP contribution in [0.2, 0.25) is 0 Å². The zero-order valence-corrected chi connectivity index (χ0v) is 14.9. The molecule has 0 saturated carbocycles. The molecular weight excluding hydrogens is 306 g/mol. The first-order chi connectivity index (χ1) is 11.7. The van der Waals surface area contributed by atoms with Gasteiger partial charge in [-0.1, -0.05) is 25.2 Å². The quantitative estimate of drug-likeness (QED) is 0.596. The second-order valence-electron chi connectivity index (χ2n) is 5.16. The van der Waals surface area contributed by atoms with Crippen LogP contribution >= 0.6 is 0 Å². The molecule has 1 aromatic carbocycles. The highest BCUT2D eigenvalue weighted by Crippen LogP contribution is 2.40. The Morgan fingerprint density at radius 1 is 1.00 bits per heavy atom. The van der Waals surface area contributed by atoms with E-state index >= 15 is 0 Å². The zero-order chi connectivity index (χ0) is 17.5. The summed E-state index contributed by atoms with van der Waals surface area (Å²) < 4.78 is 21.8. The standard InChI is InChI=1S/C19H23NO4/c1-6-7-8-9-10-14-18(23-4)15-11-13(21-2)12-16(22-3)17(15)20-19(14)24-5/h11-12H,6-8H2,1-5H3. The van der Waals surface area contributed by atoms with Crippen LogP contribution in [0.15, 0.2) is 12.1 Å². The highest BCUT2D eigenvalue weighted by Gasteiger charge is 2.19. The number of unbranched alkanes of at least 4 members (excludes halogenated alkanes) is 2. The molecule has 128 valence electrons. The highest BCUT2D eigenvalue weighted by atomic mass is 16.5. The fraction of sp³-hybridized carbons (Fsp3) is 0.421. The zero-order valence-electron chi connectivity index (χ0n) is 14.9. The molecule has 0 bridgehead atoms. The van der Waals surface area contributed by atoms with Gasteiger partial charge in [0.25, 0.3) is 0 Å². The van der Waals surface area contributed by atoms with Crippen molar-refractivity contribution in [2.24, 2.45) is 0 Å². The van der Waals surface area contributed by atoms with Crippen LogP contribution in [-0.4, -0.2) is 33.4 Å². The van der Waals surface area contributed by atoms with Gasteiger partial charge in [0.05, 0.1) is 33.8 Å². The molecule has 1 aromatic heterocycles. The van der Waals surface area contributed by atoms with Crippen molar-refractivity contribution in [2.45, 2.75) is 26.2 Å². The lowest BCUT2D eigenvalue weighted by Crippen LogP contribution is -2.00. The third-order valence-corrected chi connectivity index (χ3v) is 3.67. The van der Waals surface area contributed by atoms with Crippen molar-refractivity contribution in [3.63, 3.8) is 0 Å². The molecule has 0 fully saturated rings. The van der Waals surface area contributed by atoms with E-state index in [1.165, 1.54) is 0 Å². The molecule has 0 amide bonds. The second-order valence-corrected chi connectivity index (χ2v) is 5.16. The molecule has 24 heavy (non-hydrogen) atoms. The Morgan fingerprint density at radius 3 is 2.38 bits per heavy atom. The first kappa shape index (κ1) is 17.7. The van der Waals surface area contributed by atoms with Gasteiger partial charge in [-0.2, -0.15) is 0 Å². The van der Waals surface area contributed by atoms with E-state index in [1.54, 1.807) is 34.5 Å². The number of rotatable bonds is 6. The van der Waals surface area contributed by atoms with Crippen LogP contribution in [0, 0.1) is 11.8 Å². The van der Waals surface area contributed by atoms with E-state index in [0.29, 0.717) is 34.2 Å². The van der Waals surface area contributed by atoms with Gasteiger partial charge in [-0.3, -0.25) is 0 Å². The predicted octanol–water partition coefficient (Wildman–Crippen LogP) is 3.81. The lowest BCUT2D eigenvalue weighted by Gasteiger charge is -2.14. The van der Waals surface area contributed by atoms with Gasteiger partial charge in [-0.25, -0.2) is 4.98 Å². The summed E-state index contributed by atoms with van der Waals surface area (Å²) in [6.45, 7) is 2.14. The number of fused-ring (bicyclic) bond motifs is 1. The maximum atomic E-state index is 5.62. The van der Waals surface area contributed by atoms with Crippen molar-refractivity contribution in [3.8, 4) is 35.0 Å². The van der Waals surface area contributed by atoms with E-state index in [1.807, 2.05) is 6.07 Å². The second kappa shape index (κ2) is 8.30. The summed E-state index contributed by atoms with van der Waals surface area (Å²) in [6.07, 6.45) is 2.98. The molecule has 0 saturated heterocycles. The molecule has 0 aliphatic carbocycles. The molecule has 2 aromatic rings. The Kier molecular flexibility index (Phi) is 6.14. The third kappa shape index (κ3) is 3.48. The van der Waals surface area contributed by atoms with Gasteiger partial charge in [-0.15, -0.1) is 0 Å². The summed E-state index contributed by atoms with van der Waals surface area (Å²) >= 11 is 0. The molecule has 0 radical (unpaired) electrons. The maximum Gasteiger partial charge on any atom is 0.233 e. The summed E-state index contributed by atoms with van der Waals surface area (Å²) in [4.78, 5) is 4.56. The van der Waals surface area contributed by atoms with Crippen LogP contribution in [-0.2, 0) is 0 Å². The van der Waals surface area contributed by atoms with Crippen molar-refractivity contribution in [3.05, 3.63) is 17.7 Å². The number of aromatic nitrogens is 1. The number of methoxy groups -OCH3 is 4. The Hall–Kier alpha value is -2.61. The number of hydrogen-bond acceptors (Lipinski definition) is 5. The average Bonchev–Trinajstić information content (AvgIpc) is 2.63. The van der Waals surface area contributed by atoms with Gasteiger partial charge >= 0.3 is 0 Å². The van der Waals surface area contributed by atoms with E-state index in [4.69, 9.17) is 18.9 Å². The maximum absolute atomic E-state index is 5.62. The molecule has 0 atom stereocenters. The van der Waals surface area contributed by atoms with Crippen LogP contribution in [0.25, 0.3) is 10.9 Å². The number of nitrogens with zero attached hydrogens (tertiary/aromatic N) is 1. The minimum atomic E-state index is 0.423. The van der Waals surface area contributed by atoms with Crippen LogP contribution in [0.5, 0.6) is 23.1 Å². The van der Waals surface area contributed by atoms with E-state index in [2.05, 4.69) is 23.7 Å². The Balaban J connectivity index is 2.73. The minimum Gasteiger partial charge on any atom is -0.497 e. The van der Waals surface area contributed by atoms with Crippen molar-refractivity contribution >= 4 is 10.9 Å². The van der Waals surface area contributed by atoms with Gasteiger partial charge in [0.1, 0.15) is 28.3 Å². The molecular formula is C19H23NO4. The van der Waals surface area contributed by atoms with E-state index in [-0.39, 0.29) is 0 Å². The topological polar surface area (TPSA) is 49.8 Å². The summed E-state index contributed by atoms with van der Waals surface area (Å²) in [5.41, 5.74) is 1.28. The number of hydrogen-bond donors (Lipinski definition) is 0. The summed E-state index contributed by atoms with van der Waals surface area (Å²) in [6, 6.07) is 3.64. The minimum absolute atomic E-state index is 0.423. The summed E-state index contributed by atoms with van der Waals surface area (Å²) in [5.74, 6) is 8.59. The average molecular weight is 329 g/mol. The normalized spacial score (nSPS) is 10.0. The fourth-order valence-electron chi connectivity index (χ4n) is 2.42. The van der Waals surface area contributed by atoms with Crippen LogP contribution in [0.4, 0.5) is 0 Å².